The molecule has 20 heavy (non-hydrogen) atoms. The summed E-state index contributed by atoms with van der Waals surface area (Å²) in [6.07, 6.45) is 5.97. The minimum atomic E-state index is -1.32. The van der Waals surface area contributed by atoms with Crippen LogP contribution >= 0.6 is 11.3 Å². The molecule has 1 atom stereocenters. The van der Waals surface area contributed by atoms with Crippen LogP contribution in [0.25, 0.3) is 10.2 Å². The van der Waals surface area contributed by atoms with Gasteiger partial charge in [0.05, 0.1) is 19.8 Å². The van der Waals surface area contributed by atoms with Crippen molar-refractivity contribution in [2.75, 3.05) is 0 Å². The molecule has 0 saturated carbocycles. The molecule has 0 bridgehead atoms. The molecular weight excluding hydrogens is 284 g/mol. The van der Waals surface area contributed by atoms with Gasteiger partial charge in [0.25, 0.3) is 5.56 Å². The van der Waals surface area contributed by atoms with Crippen LogP contribution in [0, 0.1) is 5.92 Å². The van der Waals surface area contributed by atoms with Gasteiger partial charge in [-0.25, -0.2) is 4.98 Å². The summed E-state index contributed by atoms with van der Waals surface area (Å²) in [6.45, 7) is 9.15. The summed E-state index contributed by atoms with van der Waals surface area (Å²) in [7, 11) is -1.32. The second-order valence-electron chi connectivity index (χ2n) is 7.27. The zero-order valence-corrected chi connectivity index (χ0v) is 14.5. The van der Waals surface area contributed by atoms with Crippen molar-refractivity contribution in [2.24, 2.45) is 5.92 Å². The van der Waals surface area contributed by atoms with Gasteiger partial charge in [0.15, 0.2) is 0 Å². The molecule has 0 spiro atoms. The van der Waals surface area contributed by atoms with Gasteiger partial charge in [0.1, 0.15) is 4.83 Å². The normalized spacial score (nSPS) is 19.3. The number of aryl methyl sites for hydroxylation is 1. The number of rotatable bonds is 2. The molecule has 2 aromatic heterocycles. The van der Waals surface area contributed by atoms with Crippen LogP contribution in [0.1, 0.15) is 23.8 Å². The van der Waals surface area contributed by atoms with Crippen molar-refractivity contribution in [3.8, 4) is 0 Å². The summed E-state index contributed by atoms with van der Waals surface area (Å²) in [5.74, 6) is 0.736. The fraction of sp³-hybridized carbons (Fsp3) is 0.600. The van der Waals surface area contributed by atoms with E-state index in [1.165, 1.54) is 16.9 Å². The molecule has 0 aromatic carbocycles. The molecule has 0 radical (unpaired) electrons. The fourth-order valence-electron chi connectivity index (χ4n) is 2.99. The number of thiophene rings is 1. The van der Waals surface area contributed by atoms with Crippen LogP contribution in [0.4, 0.5) is 0 Å². The van der Waals surface area contributed by atoms with Gasteiger partial charge < -0.3 is 4.57 Å². The summed E-state index contributed by atoms with van der Waals surface area (Å²) >= 11 is 1.73. The van der Waals surface area contributed by atoms with E-state index in [0.29, 0.717) is 0 Å². The summed E-state index contributed by atoms with van der Waals surface area (Å²) in [6, 6.07) is 0. The van der Waals surface area contributed by atoms with Crippen molar-refractivity contribution in [3.63, 3.8) is 0 Å². The highest BCUT2D eigenvalue weighted by Crippen LogP contribution is 2.35. The second kappa shape index (κ2) is 4.81. The van der Waals surface area contributed by atoms with E-state index in [4.69, 9.17) is 0 Å². The van der Waals surface area contributed by atoms with E-state index in [-0.39, 0.29) is 5.56 Å². The van der Waals surface area contributed by atoms with Crippen LogP contribution in [-0.4, -0.2) is 17.6 Å². The third-order valence-corrected chi connectivity index (χ3v) is 6.38. The number of hydrogen-bond acceptors (Lipinski definition) is 3. The third-order valence-electron chi connectivity index (χ3n) is 3.93. The lowest BCUT2D eigenvalue weighted by Crippen LogP contribution is -2.34. The van der Waals surface area contributed by atoms with E-state index in [1.54, 1.807) is 17.7 Å². The second-order valence-corrected chi connectivity index (χ2v) is 13.8. The van der Waals surface area contributed by atoms with Gasteiger partial charge in [-0.3, -0.25) is 4.79 Å². The molecule has 0 fully saturated rings. The Hall–Kier alpha value is -0.943. The molecule has 3 rings (SSSR count). The van der Waals surface area contributed by atoms with Crippen LogP contribution in [0.5, 0.6) is 0 Å². The first-order valence-electron chi connectivity index (χ1n) is 7.35. The third kappa shape index (κ3) is 2.49. The number of nitrogens with zero attached hydrogens (tertiary/aromatic N) is 2. The largest absolute Gasteiger partial charge is 0.302 e. The Kier molecular flexibility index (Phi) is 3.37. The Morgan fingerprint density at radius 1 is 1.45 bits per heavy atom. The van der Waals surface area contributed by atoms with Crippen LogP contribution in [0.3, 0.4) is 0 Å². The highest BCUT2D eigenvalue weighted by Gasteiger charge is 2.24. The minimum absolute atomic E-state index is 0.185. The van der Waals surface area contributed by atoms with Crippen molar-refractivity contribution < 1.29 is 0 Å². The zero-order chi connectivity index (χ0) is 14.5. The first-order chi connectivity index (χ1) is 9.35. The van der Waals surface area contributed by atoms with Crippen LogP contribution < -0.4 is 5.56 Å². The number of hydrogen-bond donors (Lipinski definition) is 0. The monoisotopic (exact) mass is 306 g/mol. The van der Waals surface area contributed by atoms with Crippen LogP contribution in [0.2, 0.25) is 19.6 Å². The number of fused-ring (bicyclic) bond motifs is 3. The molecule has 1 unspecified atom stereocenters. The SMILES string of the molecule is CC1CCc2c(sc3ncn(C[Si](C)(C)C)c(=O)c23)C1. The quantitative estimate of drug-likeness (QED) is 0.796. The maximum atomic E-state index is 12.8. The van der Waals surface area contributed by atoms with E-state index in [1.807, 2.05) is 4.57 Å². The Labute approximate surface area is 124 Å². The number of aromatic nitrogens is 2. The fourth-order valence-corrected chi connectivity index (χ4v) is 5.58. The highest BCUT2D eigenvalue weighted by molar-refractivity contribution is 7.18. The Bertz CT molecular complexity index is 711. The molecule has 0 N–H and O–H groups in total. The topological polar surface area (TPSA) is 34.9 Å². The van der Waals surface area contributed by atoms with Crippen LogP contribution in [0.15, 0.2) is 11.1 Å². The lowest BCUT2D eigenvalue weighted by atomic mass is 9.89. The van der Waals surface area contributed by atoms with Gasteiger partial charge in [-0.1, -0.05) is 26.6 Å². The summed E-state index contributed by atoms with van der Waals surface area (Å²) in [5, 5.41) is 0.914. The first-order valence-corrected chi connectivity index (χ1v) is 11.9. The molecule has 1 aliphatic rings. The summed E-state index contributed by atoms with van der Waals surface area (Å²) < 4.78 is 1.85. The van der Waals surface area contributed by atoms with E-state index >= 15 is 0 Å². The molecule has 2 aromatic rings. The molecule has 1 aliphatic carbocycles. The molecular formula is C15H22N2OSSi. The lowest BCUT2D eigenvalue weighted by molar-refractivity contribution is 0.509. The molecule has 108 valence electrons. The minimum Gasteiger partial charge on any atom is -0.302 e. The van der Waals surface area contributed by atoms with E-state index in [9.17, 15) is 4.79 Å². The van der Waals surface area contributed by atoms with E-state index in [2.05, 4.69) is 31.5 Å². The van der Waals surface area contributed by atoms with Gasteiger partial charge in [0, 0.05) is 11.0 Å². The maximum Gasteiger partial charge on any atom is 0.262 e. The Morgan fingerprint density at radius 3 is 2.90 bits per heavy atom. The Balaban J connectivity index is 2.15. The smallest absolute Gasteiger partial charge is 0.262 e. The van der Waals surface area contributed by atoms with E-state index in [0.717, 1.165) is 35.1 Å². The van der Waals surface area contributed by atoms with E-state index < -0.39 is 8.07 Å². The van der Waals surface area contributed by atoms with Crippen molar-refractivity contribution in [3.05, 3.63) is 27.1 Å². The van der Waals surface area contributed by atoms with Gasteiger partial charge in [-0.15, -0.1) is 11.3 Å². The van der Waals surface area contributed by atoms with Crippen molar-refractivity contribution in [2.45, 2.75) is 52.0 Å². The van der Waals surface area contributed by atoms with Gasteiger partial charge in [-0.05, 0) is 30.7 Å². The highest BCUT2D eigenvalue weighted by atomic mass is 32.1. The summed E-state index contributed by atoms with van der Waals surface area (Å²) in [5.41, 5.74) is 1.48. The molecule has 0 amide bonds. The van der Waals surface area contributed by atoms with Crippen molar-refractivity contribution in [1.82, 2.24) is 9.55 Å². The average Bonchev–Trinajstić information content (AvgIpc) is 2.69. The van der Waals surface area contributed by atoms with Crippen molar-refractivity contribution in [1.29, 1.82) is 0 Å². The summed E-state index contributed by atoms with van der Waals surface area (Å²) in [4.78, 5) is 19.7. The van der Waals surface area contributed by atoms with Crippen molar-refractivity contribution >= 4 is 29.6 Å². The molecule has 3 nitrogen and oxygen atoms in total. The predicted molar refractivity (Wildman–Crippen MR) is 88.4 cm³/mol. The first kappa shape index (κ1) is 14.0. The Morgan fingerprint density at radius 2 is 2.20 bits per heavy atom. The zero-order valence-electron chi connectivity index (χ0n) is 12.7. The van der Waals surface area contributed by atoms with Crippen LogP contribution in [-0.2, 0) is 19.0 Å². The van der Waals surface area contributed by atoms with Gasteiger partial charge in [-0.2, -0.15) is 0 Å². The standard InChI is InChI=1S/C15H22N2OSSi/c1-10-5-6-11-12(7-10)19-14-13(11)15(18)17(8-16-14)9-20(2,3)4/h8,10H,5-7,9H2,1-4H3. The molecule has 5 heteroatoms. The van der Waals surface area contributed by atoms with Gasteiger partial charge >= 0.3 is 0 Å². The molecule has 2 heterocycles. The molecule has 0 saturated heterocycles. The average molecular weight is 307 g/mol. The molecule has 0 aliphatic heterocycles. The predicted octanol–water partition coefficient (Wildman–Crippen LogP) is 3.46. The van der Waals surface area contributed by atoms with Gasteiger partial charge in [0.2, 0.25) is 0 Å². The maximum absolute atomic E-state index is 12.8. The lowest BCUT2D eigenvalue weighted by Gasteiger charge is -2.18.